The van der Waals surface area contributed by atoms with E-state index in [1.54, 1.807) is 0 Å². The standard InChI is InChI=1S/C14H19NO/c1-4-10(3)14(15)13-8-11-6-5-9(2)7-12(11)16-13/h5-8,10,14H,4,15H2,1-3H3/t10?,14-/m0/s1. The molecule has 2 rings (SSSR count). The van der Waals surface area contributed by atoms with Crippen molar-refractivity contribution in [2.45, 2.75) is 33.2 Å². The van der Waals surface area contributed by atoms with Gasteiger partial charge in [0.2, 0.25) is 0 Å². The Morgan fingerprint density at radius 3 is 2.75 bits per heavy atom. The van der Waals surface area contributed by atoms with Gasteiger partial charge in [-0.3, -0.25) is 0 Å². The summed E-state index contributed by atoms with van der Waals surface area (Å²) in [5.41, 5.74) is 8.31. The summed E-state index contributed by atoms with van der Waals surface area (Å²) < 4.78 is 5.81. The molecule has 86 valence electrons. The van der Waals surface area contributed by atoms with Gasteiger partial charge in [0.1, 0.15) is 11.3 Å². The Morgan fingerprint density at radius 2 is 2.06 bits per heavy atom. The summed E-state index contributed by atoms with van der Waals surface area (Å²) in [5.74, 6) is 1.34. The van der Waals surface area contributed by atoms with Crippen LogP contribution in [-0.4, -0.2) is 0 Å². The zero-order chi connectivity index (χ0) is 11.7. The Kier molecular flexibility index (Phi) is 3.01. The molecule has 0 saturated carbocycles. The molecule has 2 heteroatoms. The predicted octanol–water partition coefficient (Wildman–Crippen LogP) is 3.79. The highest BCUT2D eigenvalue weighted by atomic mass is 16.3. The summed E-state index contributed by atoms with van der Waals surface area (Å²) in [6, 6.07) is 8.29. The fourth-order valence-corrected chi connectivity index (χ4v) is 1.86. The highest BCUT2D eigenvalue weighted by molar-refractivity contribution is 5.78. The number of furan rings is 1. The Balaban J connectivity index is 2.39. The van der Waals surface area contributed by atoms with Gasteiger partial charge in [-0.25, -0.2) is 0 Å². The van der Waals surface area contributed by atoms with Crippen LogP contribution < -0.4 is 5.73 Å². The summed E-state index contributed by atoms with van der Waals surface area (Å²) in [4.78, 5) is 0. The molecule has 0 spiro atoms. The van der Waals surface area contributed by atoms with Crippen molar-refractivity contribution in [2.24, 2.45) is 11.7 Å². The van der Waals surface area contributed by atoms with E-state index in [4.69, 9.17) is 10.2 Å². The van der Waals surface area contributed by atoms with Crippen LogP contribution in [0.1, 0.15) is 37.6 Å². The van der Waals surface area contributed by atoms with Gasteiger partial charge in [-0.05, 0) is 30.5 Å². The third-order valence-electron chi connectivity index (χ3n) is 3.28. The maximum absolute atomic E-state index is 6.16. The van der Waals surface area contributed by atoms with Crippen molar-refractivity contribution >= 4 is 11.0 Å². The maximum atomic E-state index is 6.16. The van der Waals surface area contributed by atoms with Gasteiger partial charge in [0, 0.05) is 5.39 Å². The van der Waals surface area contributed by atoms with E-state index in [1.807, 2.05) is 0 Å². The minimum absolute atomic E-state index is 0.00212. The van der Waals surface area contributed by atoms with Crippen LogP contribution in [0, 0.1) is 12.8 Å². The van der Waals surface area contributed by atoms with E-state index in [1.165, 1.54) is 5.56 Å². The normalized spacial score (nSPS) is 15.2. The van der Waals surface area contributed by atoms with Crippen molar-refractivity contribution in [2.75, 3.05) is 0 Å². The van der Waals surface area contributed by atoms with Crippen LogP contribution in [0.2, 0.25) is 0 Å². The lowest BCUT2D eigenvalue weighted by Gasteiger charge is -2.15. The van der Waals surface area contributed by atoms with Crippen molar-refractivity contribution in [3.8, 4) is 0 Å². The van der Waals surface area contributed by atoms with Gasteiger partial charge in [-0.15, -0.1) is 0 Å². The summed E-state index contributed by atoms with van der Waals surface area (Å²) in [6.07, 6.45) is 1.07. The van der Waals surface area contributed by atoms with Crippen LogP contribution >= 0.6 is 0 Å². The summed E-state index contributed by atoms with van der Waals surface area (Å²) >= 11 is 0. The van der Waals surface area contributed by atoms with E-state index >= 15 is 0 Å². The number of aryl methyl sites for hydroxylation is 1. The van der Waals surface area contributed by atoms with Gasteiger partial charge in [0.15, 0.2) is 0 Å². The molecule has 1 aromatic carbocycles. The first-order chi connectivity index (χ1) is 7.61. The first kappa shape index (κ1) is 11.2. The first-order valence-electron chi connectivity index (χ1n) is 5.87. The van der Waals surface area contributed by atoms with Crippen LogP contribution in [0.15, 0.2) is 28.7 Å². The first-order valence-corrected chi connectivity index (χ1v) is 5.87. The molecular weight excluding hydrogens is 198 g/mol. The molecule has 2 atom stereocenters. The van der Waals surface area contributed by atoms with E-state index in [9.17, 15) is 0 Å². The number of nitrogens with two attached hydrogens (primary N) is 1. The van der Waals surface area contributed by atoms with Crippen LogP contribution in [0.25, 0.3) is 11.0 Å². The zero-order valence-corrected chi connectivity index (χ0v) is 10.2. The van der Waals surface area contributed by atoms with E-state index in [2.05, 4.69) is 45.0 Å². The third kappa shape index (κ3) is 1.98. The minimum Gasteiger partial charge on any atom is -0.459 e. The molecule has 0 radical (unpaired) electrons. The van der Waals surface area contributed by atoms with Gasteiger partial charge in [-0.2, -0.15) is 0 Å². The molecule has 0 aliphatic carbocycles. The number of hydrogen-bond acceptors (Lipinski definition) is 2. The van der Waals surface area contributed by atoms with E-state index in [-0.39, 0.29) is 6.04 Å². The zero-order valence-electron chi connectivity index (χ0n) is 10.2. The lowest BCUT2D eigenvalue weighted by molar-refractivity contribution is 0.388. The van der Waals surface area contributed by atoms with Crippen LogP contribution in [-0.2, 0) is 0 Å². The molecule has 16 heavy (non-hydrogen) atoms. The largest absolute Gasteiger partial charge is 0.459 e. The number of fused-ring (bicyclic) bond motifs is 1. The SMILES string of the molecule is CCC(C)[C@H](N)c1cc2ccc(C)cc2o1. The molecule has 1 aromatic heterocycles. The Labute approximate surface area is 96.4 Å². The van der Waals surface area contributed by atoms with Crippen molar-refractivity contribution in [1.82, 2.24) is 0 Å². The van der Waals surface area contributed by atoms with Crippen LogP contribution in [0.4, 0.5) is 0 Å². The van der Waals surface area contributed by atoms with Crippen molar-refractivity contribution in [3.63, 3.8) is 0 Å². The smallest absolute Gasteiger partial charge is 0.134 e. The van der Waals surface area contributed by atoms with Crippen LogP contribution in [0.3, 0.4) is 0 Å². The van der Waals surface area contributed by atoms with Crippen molar-refractivity contribution in [1.29, 1.82) is 0 Å². The second-order valence-corrected chi connectivity index (χ2v) is 4.60. The summed E-state index contributed by atoms with van der Waals surface area (Å²) in [7, 11) is 0. The van der Waals surface area contributed by atoms with Gasteiger partial charge < -0.3 is 10.2 Å². The number of rotatable bonds is 3. The van der Waals surface area contributed by atoms with Gasteiger partial charge in [0.05, 0.1) is 6.04 Å². The monoisotopic (exact) mass is 217 g/mol. The molecule has 2 N–H and O–H groups in total. The van der Waals surface area contributed by atoms with Gasteiger partial charge in [0.25, 0.3) is 0 Å². The molecule has 2 aromatic rings. The molecule has 1 unspecified atom stereocenters. The molecule has 1 heterocycles. The van der Waals surface area contributed by atoms with E-state index in [0.29, 0.717) is 5.92 Å². The second-order valence-electron chi connectivity index (χ2n) is 4.60. The molecule has 0 bridgehead atoms. The van der Waals surface area contributed by atoms with Crippen LogP contribution in [0.5, 0.6) is 0 Å². The highest BCUT2D eigenvalue weighted by Crippen LogP contribution is 2.28. The highest BCUT2D eigenvalue weighted by Gasteiger charge is 2.17. The molecule has 0 aliphatic heterocycles. The average molecular weight is 217 g/mol. The molecular formula is C14H19NO. The van der Waals surface area contributed by atoms with Gasteiger partial charge in [-0.1, -0.05) is 32.4 Å². The number of benzene rings is 1. The molecule has 0 saturated heterocycles. The van der Waals surface area contributed by atoms with Crippen molar-refractivity contribution < 1.29 is 4.42 Å². The van der Waals surface area contributed by atoms with Crippen molar-refractivity contribution in [3.05, 3.63) is 35.6 Å². The van der Waals surface area contributed by atoms with E-state index in [0.717, 1.165) is 23.2 Å². The maximum Gasteiger partial charge on any atom is 0.134 e. The topological polar surface area (TPSA) is 39.2 Å². The van der Waals surface area contributed by atoms with Gasteiger partial charge >= 0.3 is 0 Å². The lowest BCUT2D eigenvalue weighted by atomic mass is 9.98. The Morgan fingerprint density at radius 1 is 1.31 bits per heavy atom. The quantitative estimate of drug-likeness (QED) is 0.849. The lowest BCUT2D eigenvalue weighted by Crippen LogP contribution is -2.17. The third-order valence-corrected chi connectivity index (χ3v) is 3.28. The fraction of sp³-hybridized carbons (Fsp3) is 0.429. The second kappa shape index (κ2) is 4.30. The predicted molar refractivity (Wildman–Crippen MR) is 67.3 cm³/mol. The fourth-order valence-electron chi connectivity index (χ4n) is 1.86. The Bertz CT molecular complexity index is 486. The minimum atomic E-state index is -0.00212. The molecule has 2 nitrogen and oxygen atoms in total. The average Bonchev–Trinajstić information content (AvgIpc) is 2.69. The summed E-state index contributed by atoms with van der Waals surface area (Å²) in [5, 5.41) is 1.14. The summed E-state index contributed by atoms with van der Waals surface area (Å²) in [6.45, 7) is 6.37. The molecule has 0 aliphatic rings. The molecule has 0 amide bonds. The number of hydrogen-bond donors (Lipinski definition) is 1. The Hall–Kier alpha value is -1.28. The van der Waals surface area contributed by atoms with E-state index < -0.39 is 0 Å². The molecule has 0 fully saturated rings.